The Morgan fingerprint density at radius 2 is 2.12 bits per heavy atom. The third-order valence-electron chi connectivity index (χ3n) is 4.49. The molecular formula is C19H23FN4O. The molecule has 1 N–H and O–H groups in total. The highest BCUT2D eigenvalue weighted by Gasteiger charge is 2.23. The van der Waals surface area contributed by atoms with Gasteiger partial charge in [-0.25, -0.2) is 4.39 Å². The number of rotatable bonds is 5. The van der Waals surface area contributed by atoms with Gasteiger partial charge in [0.15, 0.2) is 5.69 Å². The zero-order chi connectivity index (χ0) is 17.6. The summed E-state index contributed by atoms with van der Waals surface area (Å²) < 4.78 is 13.6. The van der Waals surface area contributed by atoms with Crippen molar-refractivity contribution in [3.8, 4) is 0 Å². The van der Waals surface area contributed by atoms with Gasteiger partial charge in [-0.2, -0.15) is 0 Å². The molecule has 1 amide bonds. The first-order valence-electron chi connectivity index (χ1n) is 8.74. The molecule has 0 bridgehead atoms. The van der Waals surface area contributed by atoms with Gasteiger partial charge in [0.25, 0.3) is 5.91 Å². The molecule has 1 saturated heterocycles. The zero-order valence-corrected chi connectivity index (χ0v) is 14.4. The van der Waals surface area contributed by atoms with E-state index >= 15 is 0 Å². The molecular weight excluding hydrogens is 319 g/mol. The number of benzene rings is 1. The molecule has 132 valence electrons. The van der Waals surface area contributed by atoms with Gasteiger partial charge in [-0.05, 0) is 48.9 Å². The van der Waals surface area contributed by atoms with E-state index in [0.29, 0.717) is 36.0 Å². The molecule has 25 heavy (non-hydrogen) atoms. The number of halogens is 1. The SMILES string of the molecule is CC1CCCN(C(=O)c2ccc(NCCc3ccccc3F)nn2)C1. The molecule has 2 aromatic rings. The highest BCUT2D eigenvalue weighted by molar-refractivity contribution is 5.92. The molecule has 2 heterocycles. The molecule has 1 aromatic heterocycles. The van der Waals surface area contributed by atoms with E-state index in [1.165, 1.54) is 12.5 Å². The maximum absolute atomic E-state index is 13.6. The fraction of sp³-hybridized carbons (Fsp3) is 0.421. The molecule has 3 rings (SSSR count). The summed E-state index contributed by atoms with van der Waals surface area (Å²) in [7, 11) is 0. The molecule has 1 unspecified atom stereocenters. The van der Waals surface area contributed by atoms with Crippen LogP contribution < -0.4 is 5.32 Å². The van der Waals surface area contributed by atoms with Crippen LogP contribution in [-0.4, -0.2) is 40.6 Å². The van der Waals surface area contributed by atoms with Crippen LogP contribution in [0.5, 0.6) is 0 Å². The first-order chi connectivity index (χ1) is 12.1. The number of hydrogen-bond donors (Lipinski definition) is 1. The molecule has 1 atom stereocenters. The van der Waals surface area contributed by atoms with E-state index < -0.39 is 0 Å². The summed E-state index contributed by atoms with van der Waals surface area (Å²) in [5.74, 6) is 0.855. The zero-order valence-electron chi connectivity index (χ0n) is 14.4. The van der Waals surface area contributed by atoms with Gasteiger partial charge in [0.1, 0.15) is 11.6 Å². The lowest BCUT2D eigenvalue weighted by Gasteiger charge is -2.30. The molecule has 0 aliphatic carbocycles. The molecule has 1 fully saturated rings. The fourth-order valence-electron chi connectivity index (χ4n) is 3.10. The molecule has 0 saturated carbocycles. The van der Waals surface area contributed by atoms with E-state index in [2.05, 4.69) is 22.4 Å². The molecule has 1 aliphatic rings. The number of nitrogens with one attached hydrogen (secondary N) is 1. The number of aromatic nitrogens is 2. The van der Waals surface area contributed by atoms with Gasteiger partial charge in [-0.1, -0.05) is 25.1 Å². The predicted octanol–water partition coefficient (Wildman–Crippen LogP) is 3.14. The predicted molar refractivity (Wildman–Crippen MR) is 94.9 cm³/mol. The van der Waals surface area contributed by atoms with Crippen molar-refractivity contribution in [1.29, 1.82) is 0 Å². The van der Waals surface area contributed by atoms with Crippen molar-refractivity contribution >= 4 is 11.7 Å². The fourth-order valence-corrected chi connectivity index (χ4v) is 3.10. The van der Waals surface area contributed by atoms with Crippen molar-refractivity contribution in [2.45, 2.75) is 26.2 Å². The van der Waals surface area contributed by atoms with E-state index in [1.54, 1.807) is 24.3 Å². The van der Waals surface area contributed by atoms with Crippen LogP contribution in [0.15, 0.2) is 36.4 Å². The second-order valence-corrected chi connectivity index (χ2v) is 6.57. The maximum Gasteiger partial charge on any atom is 0.274 e. The Morgan fingerprint density at radius 1 is 1.28 bits per heavy atom. The topological polar surface area (TPSA) is 58.1 Å². The van der Waals surface area contributed by atoms with Gasteiger partial charge in [-0.3, -0.25) is 4.79 Å². The Bertz CT molecular complexity index is 720. The summed E-state index contributed by atoms with van der Waals surface area (Å²) in [5.41, 5.74) is 1.03. The summed E-state index contributed by atoms with van der Waals surface area (Å²) in [6, 6.07) is 10.2. The summed E-state index contributed by atoms with van der Waals surface area (Å²) in [4.78, 5) is 14.3. The number of anilines is 1. The molecule has 6 heteroatoms. The second kappa shape index (κ2) is 8.05. The Balaban J connectivity index is 1.53. The molecule has 1 aliphatic heterocycles. The normalized spacial score (nSPS) is 17.4. The van der Waals surface area contributed by atoms with Crippen LogP contribution in [0.1, 0.15) is 35.8 Å². The number of hydrogen-bond acceptors (Lipinski definition) is 4. The van der Waals surface area contributed by atoms with Gasteiger partial charge < -0.3 is 10.2 Å². The average Bonchev–Trinajstić information content (AvgIpc) is 2.63. The monoisotopic (exact) mass is 342 g/mol. The Hall–Kier alpha value is -2.50. The Labute approximate surface area is 147 Å². The number of nitrogens with zero attached hydrogens (tertiary/aromatic N) is 3. The third-order valence-corrected chi connectivity index (χ3v) is 4.49. The third kappa shape index (κ3) is 4.53. The Kier molecular flexibility index (Phi) is 5.58. The van der Waals surface area contributed by atoms with E-state index in [4.69, 9.17) is 0 Å². The van der Waals surface area contributed by atoms with Gasteiger partial charge in [-0.15, -0.1) is 10.2 Å². The van der Waals surface area contributed by atoms with E-state index in [0.717, 1.165) is 19.5 Å². The summed E-state index contributed by atoms with van der Waals surface area (Å²) in [5, 5.41) is 11.2. The van der Waals surface area contributed by atoms with Crippen molar-refractivity contribution in [2.24, 2.45) is 5.92 Å². The van der Waals surface area contributed by atoms with Crippen molar-refractivity contribution in [3.63, 3.8) is 0 Å². The van der Waals surface area contributed by atoms with Crippen LogP contribution in [0.4, 0.5) is 10.2 Å². The van der Waals surface area contributed by atoms with Gasteiger partial charge in [0.2, 0.25) is 0 Å². The van der Waals surface area contributed by atoms with Crippen molar-refractivity contribution in [2.75, 3.05) is 25.0 Å². The van der Waals surface area contributed by atoms with Gasteiger partial charge in [0, 0.05) is 19.6 Å². The lowest BCUT2D eigenvalue weighted by Crippen LogP contribution is -2.39. The van der Waals surface area contributed by atoms with Gasteiger partial charge >= 0.3 is 0 Å². The summed E-state index contributed by atoms with van der Waals surface area (Å²) in [6.07, 6.45) is 2.76. The van der Waals surface area contributed by atoms with Crippen LogP contribution in [-0.2, 0) is 6.42 Å². The largest absolute Gasteiger partial charge is 0.368 e. The number of piperidine rings is 1. The minimum atomic E-state index is -0.202. The van der Waals surface area contributed by atoms with Crippen LogP contribution in [0.25, 0.3) is 0 Å². The standard InChI is InChI=1S/C19H23FN4O/c1-14-5-4-12-24(13-14)19(25)17-8-9-18(23-22-17)21-11-10-15-6-2-3-7-16(15)20/h2-3,6-9,14H,4-5,10-13H2,1H3,(H,21,23). The second-order valence-electron chi connectivity index (χ2n) is 6.57. The lowest BCUT2D eigenvalue weighted by atomic mass is 10.00. The van der Waals surface area contributed by atoms with Crippen LogP contribution in [0, 0.1) is 11.7 Å². The van der Waals surface area contributed by atoms with Crippen molar-refractivity contribution < 1.29 is 9.18 Å². The maximum atomic E-state index is 13.6. The van der Waals surface area contributed by atoms with Crippen molar-refractivity contribution in [3.05, 3.63) is 53.5 Å². The minimum absolute atomic E-state index is 0.0584. The van der Waals surface area contributed by atoms with E-state index in [-0.39, 0.29) is 11.7 Å². The molecule has 0 spiro atoms. The minimum Gasteiger partial charge on any atom is -0.368 e. The number of carbonyl (C=O) groups excluding carboxylic acids is 1. The van der Waals surface area contributed by atoms with Crippen LogP contribution in [0.3, 0.4) is 0 Å². The first kappa shape index (κ1) is 17.3. The van der Waals surface area contributed by atoms with Crippen LogP contribution >= 0.6 is 0 Å². The quantitative estimate of drug-likeness (QED) is 0.907. The Morgan fingerprint density at radius 3 is 2.84 bits per heavy atom. The highest BCUT2D eigenvalue weighted by Crippen LogP contribution is 2.17. The molecule has 0 radical (unpaired) electrons. The number of likely N-dealkylation sites (tertiary alicyclic amines) is 1. The van der Waals surface area contributed by atoms with Crippen LogP contribution in [0.2, 0.25) is 0 Å². The first-order valence-corrected chi connectivity index (χ1v) is 8.74. The highest BCUT2D eigenvalue weighted by atomic mass is 19.1. The van der Waals surface area contributed by atoms with Gasteiger partial charge in [0.05, 0.1) is 0 Å². The average molecular weight is 342 g/mol. The molecule has 1 aromatic carbocycles. The van der Waals surface area contributed by atoms with E-state index in [9.17, 15) is 9.18 Å². The molecule has 5 nitrogen and oxygen atoms in total. The van der Waals surface area contributed by atoms with E-state index in [1.807, 2.05) is 11.0 Å². The number of amides is 1. The van der Waals surface area contributed by atoms with Crippen molar-refractivity contribution in [1.82, 2.24) is 15.1 Å². The lowest BCUT2D eigenvalue weighted by molar-refractivity contribution is 0.0676. The smallest absolute Gasteiger partial charge is 0.274 e. The summed E-state index contributed by atoms with van der Waals surface area (Å²) >= 11 is 0. The number of carbonyl (C=O) groups is 1. The summed E-state index contributed by atoms with van der Waals surface area (Å²) in [6.45, 7) is 4.27.